The molecule has 2 rings (SSSR count). The average molecular weight is 297 g/mol. The Morgan fingerprint density at radius 2 is 1.80 bits per heavy atom. The summed E-state index contributed by atoms with van der Waals surface area (Å²) in [6.07, 6.45) is 0. The highest BCUT2D eigenvalue weighted by Crippen LogP contribution is 2.17. The quantitative estimate of drug-likeness (QED) is 0.855. The molecule has 2 aromatic carbocycles. The molecule has 3 N–H and O–H groups in total. The topological polar surface area (TPSA) is 55.1 Å². The van der Waals surface area contributed by atoms with Gasteiger partial charge in [0, 0.05) is 17.6 Å². The maximum atomic E-state index is 13.5. The van der Waals surface area contributed by atoms with Crippen LogP contribution in [0.5, 0.6) is 0 Å². The predicted octanol–water partition coefficient (Wildman–Crippen LogP) is 3.13. The highest BCUT2D eigenvalue weighted by Gasteiger charge is 2.14. The molecule has 0 bridgehead atoms. The molecule has 0 aliphatic carbocycles. The largest absolute Gasteiger partial charge is 0.396 e. The van der Waals surface area contributed by atoms with Crippen molar-refractivity contribution in [1.82, 2.24) is 5.32 Å². The maximum absolute atomic E-state index is 13.5. The molecule has 0 fully saturated rings. The van der Waals surface area contributed by atoms with Crippen molar-refractivity contribution in [3.8, 4) is 0 Å². The number of benzene rings is 2. The summed E-state index contributed by atoms with van der Waals surface area (Å²) >= 11 is 5.74. The van der Waals surface area contributed by atoms with Crippen LogP contribution in [0.25, 0.3) is 0 Å². The summed E-state index contributed by atoms with van der Waals surface area (Å²) in [5.74, 6) is -2.51. The average Bonchev–Trinajstić information content (AvgIpc) is 2.42. The molecule has 0 unspecified atom stereocenters. The lowest BCUT2D eigenvalue weighted by Gasteiger charge is -2.07. The van der Waals surface area contributed by atoms with Gasteiger partial charge in [0.2, 0.25) is 0 Å². The van der Waals surface area contributed by atoms with Gasteiger partial charge in [-0.1, -0.05) is 23.7 Å². The van der Waals surface area contributed by atoms with E-state index in [4.69, 9.17) is 17.3 Å². The number of anilines is 1. The van der Waals surface area contributed by atoms with Crippen molar-refractivity contribution in [1.29, 1.82) is 0 Å². The first-order chi connectivity index (χ1) is 9.47. The van der Waals surface area contributed by atoms with E-state index in [1.54, 1.807) is 24.3 Å². The first-order valence-corrected chi connectivity index (χ1v) is 6.12. The molecule has 0 aliphatic heterocycles. The van der Waals surface area contributed by atoms with E-state index in [1.165, 1.54) is 0 Å². The Morgan fingerprint density at radius 1 is 1.15 bits per heavy atom. The van der Waals surface area contributed by atoms with E-state index in [0.29, 0.717) is 11.1 Å². The van der Waals surface area contributed by atoms with Gasteiger partial charge in [0.15, 0.2) is 0 Å². The Morgan fingerprint density at radius 3 is 2.45 bits per heavy atom. The zero-order valence-corrected chi connectivity index (χ0v) is 11.0. The number of amides is 1. The number of carbonyl (C=O) groups is 1. The van der Waals surface area contributed by atoms with Gasteiger partial charge in [0.25, 0.3) is 5.91 Å². The summed E-state index contributed by atoms with van der Waals surface area (Å²) < 4.78 is 26.5. The SMILES string of the molecule is Nc1cc(C(=O)NCc2ccc(Cl)cc2)c(F)cc1F. The molecule has 0 heterocycles. The summed E-state index contributed by atoms with van der Waals surface area (Å²) in [7, 11) is 0. The van der Waals surface area contributed by atoms with Crippen LogP contribution in [0.4, 0.5) is 14.5 Å². The minimum absolute atomic E-state index is 0.201. The molecule has 2 aromatic rings. The van der Waals surface area contributed by atoms with Crippen LogP contribution in [0.2, 0.25) is 5.02 Å². The number of carbonyl (C=O) groups excluding carboxylic acids is 1. The van der Waals surface area contributed by atoms with Crippen LogP contribution in [-0.4, -0.2) is 5.91 Å². The van der Waals surface area contributed by atoms with Crippen LogP contribution in [0, 0.1) is 11.6 Å². The fourth-order valence-electron chi connectivity index (χ4n) is 1.62. The molecule has 0 radical (unpaired) electrons. The van der Waals surface area contributed by atoms with Crippen LogP contribution in [0.3, 0.4) is 0 Å². The third-order valence-electron chi connectivity index (χ3n) is 2.70. The number of nitrogens with one attached hydrogen (secondary N) is 1. The highest BCUT2D eigenvalue weighted by atomic mass is 35.5. The smallest absolute Gasteiger partial charge is 0.254 e. The lowest BCUT2D eigenvalue weighted by Crippen LogP contribution is -2.24. The van der Waals surface area contributed by atoms with Gasteiger partial charge < -0.3 is 11.1 Å². The van der Waals surface area contributed by atoms with Crippen molar-refractivity contribution in [3.63, 3.8) is 0 Å². The molecular formula is C14H11ClF2N2O. The van der Waals surface area contributed by atoms with Gasteiger partial charge in [-0.2, -0.15) is 0 Å². The van der Waals surface area contributed by atoms with E-state index in [9.17, 15) is 13.6 Å². The van der Waals surface area contributed by atoms with Gasteiger partial charge in [-0.15, -0.1) is 0 Å². The number of rotatable bonds is 3. The van der Waals surface area contributed by atoms with Crippen LogP contribution >= 0.6 is 11.6 Å². The number of halogens is 3. The summed E-state index contributed by atoms with van der Waals surface area (Å²) in [5.41, 5.74) is 5.55. The second-order valence-electron chi connectivity index (χ2n) is 4.16. The molecular weight excluding hydrogens is 286 g/mol. The first kappa shape index (κ1) is 14.3. The summed E-state index contributed by atoms with van der Waals surface area (Å²) in [5, 5.41) is 3.10. The zero-order chi connectivity index (χ0) is 14.7. The Hall–Kier alpha value is -2.14. The summed E-state index contributed by atoms with van der Waals surface area (Å²) in [6.45, 7) is 0.201. The summed E-state index contributed by atoms with van der Waals surface area (Å²) in [6, 6.07) is 8.39. The van der Waals surface area contributed by atoms with Crippen LogP contribution in [0.15, 0.2) is 36.4 Å². The molecule has 0 aromatic heterocycles. The third kappa shape index (κ3) is 3.24. The Balaban J connectivity index is 2.09. The maximum Gasteiger partial charge on any atom is 0.254 e. The predicted molar refractivity (Wildman–Crippen MR) is 73.4 cm³/mol. The number of nitrogen functional groups attached to an aromatic ring is 1. The Bertz CT molecular complexity index is 644. The van der Waals surface area contributed by atoms with E-state index < -0.39 is 17.5 Å². The molecule has 0 atom stereocenters. The Kier molecular flexibility index (Phi) is 4.20. The molecule has 0 spiro atoms. The second kappa shape index (κ2) is 5.88. The van der Waals surface area contributed by atoms with Gasteiger partial charge in [0.1, 0.15) is 11.6 Å². The van der Waals surface area contributed by atoms with Crippen LogP contribution in [-0.2, 0) is 6.54 Å². The molecule has 6 heteroatoms. The van der Waals surface area contributed by atoms with Crippen molar-refractivity contribution in [3.05, 3.63) is 64.2 Å². The molecule has 3 nitrogen and oxygen atoms in total. The van der Waals surface area contributed by atoms with Crippen molar-refractivity contribution in [2.75, 3.05) is 5.73 Å². The third-order valence-corrected chi connectivity index (χ3v) is 2.95. The van der Waals surface area contributed by atoms with Gasteiger partial charge in [-0.25, -0.2) is 8.78 Å². The van der Waals surface area contributed by atoms with Gasteiger partial charge in [0.05, 0.1) is 11.3 Å². The molecule has 1 amide bonds. The van der Waals surface area contributed by atoms with Crippen molar-refractivity contribution in [2.24, 2.45) is 0 Å². The summed E-state index contributed by atoms with van der Waals surface area (Å²) in [4.78, 5) is 11.8. The fourth-order valence-corrected chi connectivity index (χ4v) is 1.75. The van der Waals surface area contributed by atoms with E-state index in [-0.39, 0.29) is 17.8 Å². The normalized spacial score (nSPS) is 10.3. The number of nitrogens with two attached hydrogens (primary N) is 1. The fraction of sp³-hybridized carbons (Fsp3) is 0.0714. The molecule has 0 aliphatic rings. The standard InChI is InChI=1S/C14H11ClF2N2O/c15-9-3-1-8(2-4-9)7-19-14(20)10-5-13(18)12(17)6-11(10)16/h1-6H,7,18H2,(H,19,20). The van der Waals surface area contributed by atoms with Crippen molar-refractivity contribution >= 4 is 23.2 Å². The molecule has 0 saturated heterocycles. The second-order valence-corrected chi connectivity index (χ2v) is 4.60. The molecule has 104 valence electrons. The van der Waals surface area contributed by atoms with Crippen LogP contribution in [0.1, 0.15) is 15.9 Å². The molecule has 0 saturated carbocycles. The Labute approximate surface area is 119 Å². The first-order valence-electron chi connectivity index (χ1n) is 5.74. The lowest BCUT2D eigenvalue weighted by molar-refractivity contribution is 0.0947. The minimum atomic E-state index is -0.953. The van der Waals surface area contributed by atoms with Gasteiger partial charge >= 0.3 is 0 Å². The van der Waals surface area contributed by atoms with E-state index in [2.05, 4.69) is 5.32 Å². The van der Waals surface area contributed by atoms with E-state index in [0.717, 1.165) is 11.6 Å². The monoisotopic (exact) mass is 296 g/mol. The zero-order valence-electron chi connectivity index (χ0n) is 10.3. The minimum Gasteiger partial charge on any atom is -0.396 e. The van der Waals surface area contributed by atoms with Crippen molar-refractivity contribution < 1.29 is 13.6 Å². The lowest BCUT2D eigenvalue weighted by atomic mass is 10.1. The van der Waals surface area contributed by atoms with Crippen molar-refractivity contribution in [2.45, 2.75) is 6.54 Å². The molecule has 20 heavy (non-hydrogen) atoms. The highest BCUT2D eigenvalue weighted by molar-refractivity contribution is 6.30. The number of hydrogen-bond acceptors (Lipinski definition) is 2. The van der Waals surface area contributed by atoms with Gasteiger partial charge in [-0.3, -0.25) is 4.79 Å². The number of hydrogen-bond donors (Lipinski definition) is 2. The van der Waals surface area contributed by atoms with Crippen LogP contribution < -0.4 is 11.1 Å². The van der Waals surface area contributed by atoms with Gasteiger partial charge in [-0.05, 0) is 23.8 Å². The van der Waals surface area contributed by atoms with E-state index in [1.807, 2.05) is 0 Å². The van der Waals surface area contributed by atoms with E-state index >= 15 is 0 Å².